The number of hydrogen-bond donors (Lipinski definition) is 2. The third kappa shape index (κ3) is 4.22. The van der Waals surface area contributed by atoms with E-state index in [1.54, 1.807) is 41.6 Å². The van der Waals surface area contributed by atoms with Crippen LogP contribution in [0, 0.1) is 12.7 Å². The smallest absolute Gasteiger partial charge is 0.257 e. The number of carbonyl (C=O) groups is 1. The molecule has 4 heterocycles. The van der Waals surface area contributed by atoms with Gasteiger partial charge in [0.15, 0.2) is 11.5 Å². The van der Waals surface area contributed by atoms with Crippen LogP contribution in [0.15, 0.2) is 36.8 Å². The van der Waals surface area contributed by atoms with E-state index in [0.29, 0.717) is 35.1 Å². The third-order valence-electron chi connectivity index (χ3n) is 6.17. The number of aromatic nitrogens is 4. The molecular weight excluding hydrogens is 437 g/mol. The molecule has 0 bridgehead atoms. The second kappa shape index (κ2) is 9.03. The van der Waals surface area contributed by atoms with Gasteiger partial charge in [0, 0.05) is 75.6 Å². The molecule has 3 aromatic heterocycles. The minimum atomic E-state index is -0.494. The summed E-state index contributed by atoms with van der Waals surface area (Å²) in [5.41, 5.74) is 3.39. The van der Waals surface area contributed by atoms with Crippen molar-refractivity contribution in [2.24, 2.45) is 7.05 Å². The molecule has 0 aliphatic carbocycles. The lowest BCUT2D eigenvalue weighted by atomic mass is 10.1. The molecule has 0 saturated carbocycles. The molecule has 10 heteroatoms. The summed E-state index contributed by atoms with van der Waals surface area (Å²) in [7, 11) is 3.54. The Bertz CT molecular complexity index is 1360. The number of methoxy groups -OCH3 is 1. The summed E-state index contributed by atoms with van der Waals surface area (Å²) < 4.78 is 22.9. The van der Waals surface area contributed by atoms with Gasteiger partial charge in [0.1, 0.15) is 5.52 Å². The van der Waals surface area contributed by atoms with E-state index in [2.05, 4.69) is 25.6 Å². The number of nitrogens with one attached hydrogen (secondary N) is 2. The standard InChI is InChI=1S/C24H28FN7O2/c1-15-11-32-13-17(10-20(25)23(32)27-15)28-24(33)18-4-5-21(19-14-30(2)29-22(18)19)31-8-6-16(12-31)26-7-9-34-3/h4-5,10-11,13-14,16,26H,6-9,12H2,1-3H3,(H,28,33). The normalized spacial score (nSPS) is 16.1. The molecule has 1 atom stereocenters. The van der Waals surface area contributed by atoms with Crippen LogP contribution in [0.3, 0.4) is 0 Å². The highest BCUT2D eigenvalue weighted by Crippen LogP contribution is 2.31. The number of benzene rings is 1. The van der Waals surface area contributed by atoms with Crippen molar-refractivity contribution in [1.82, 2.24) is 24.5 Å². The fraction of sp³-hybridized carbons (Fsp3) is 0.375. The number of nitrogens with zero attached hydrogens (tertiary/aromatic N) is 5. The lowest BCUT2D eigenvalue weighted by Gasteiger charge is -2.20. The number of rotatable bonds is 7. The third-order valence-corrected chi connectivity index (χ3v) is 6.17. The number of pyridine rings is 1. The molecule has 1 aliphatic heterocycles. The predicted octanol–water partition coefficient (Wildman–Crippen LogP) is 2.74. The Morgan fingerprint density at radius 3 is 2.97 bits per heavy atom. The maximum atomic E-state index is 14.5. The van der Waals surface area contributed by atoms with Gasteiger partial charge in [-0.25, -0.2) is 9.37 Å². The van der Waals surface area contributed by atoms with Crippen LogP contribution in [0.2, 0.25) is 0 Å². The predicted molar refractivity (Wildman–Crippen MR) is 129 cm³/mol. The monoisotopic (exact) mass is 465 g/mol. The van der Waals surface area contributed by atoms with Gasteiger partial charge in [-0.3, -0.25) is 9.48 Å². The molecule has 0 spiro atoms. The highest BCUT2D eigenvalue weighted by molar-refractivity contribution is 6.13. The largest absolute Gasteiger partial charge is 0.383 e. The van der Waals surface area contributed by atoms with Gasteiger partial charge in [0.05, 0.1) is 23.6 Å². The molecule has 178 valence electrons. The number of ether oxygens (including phenoxy) is 1. The van der Waals surface area contributed by atoms with Crippen LogP contribution >= 0.6 is 0 Å². The zero-order valence-electron chi connectivity index (χ0n) is 19.5. The molecular formula is C24H28FN7O2. The average Bonchev–Trinajstić information content (AvgIpc) is 3.50. The molecule has 1 fully saturated rings. The first-order valence-corrected chi connectivity index (χ1v) is 11.3. The van der Waals surface area contributed by atoms with Gasteiger partial charge in [0.25, 0.3) is 5.91 Å². The molecule has 0 radical (unpaired) electrons. The highest BCUT2D eigenvalue weighted by atomic mass is 19.1. The molecule has 1 unspecified atom stereocenters. The molecule has 5 rings (SSSR count). The fourth-order valence-corrected chi connectivity index (χ4v) is 4.62. The maximum absolute atomic E-state index is 14.5. The summed E-state index contributed by atoms with van der Waals surface area (Å²) in [5, 5.41) is 11.8. The highest BCUT2D eigenvalue weighted by Gasteiger charge is 2.25. The zero-order valence-corrected chi connectivity index (χ0v) is 19.5. The number of fused-ring (bicyclic) bond motifs is 2. The first-order valence-electron chi connectivity index (χ1n) is 11.3. The van der Waals surface area contributed by atoms with E-state index >= 15 is 0 Å². The van der Waals surface area contributed by atoms with Crippen molar-refractivity contribution >= 4 is 33.8 Å². The topological polar surface area (TPSA) is 88.7 Å². The number of amides is 1. The van der Waals surface area contributed by atoms with E-state index in [9.17, 15) is 9.18 Å². The van der Waals surface area contributed by atoms with E-state index in [-0.39, 0.29) is 11.6 Å². The van der Waals surface area contributed by atoms with Gasteiger partial charge in [0.2, 0.25) is 0 Å². The Balaban J connectivity index is 1.40. The Kier molecular flexibility index (Phi) is 5.93. The summed E-state index contributed by atoms with van der Waals surface area (Å²) in [6.45, 7) is 5.10. The maximum Gasteiger partial charge on any atom is 0.257 e. The first kappa shape index (κ1) is 22.3. The van der Waals surface area contributed by atoms with Gasteiger partial charge in [-0.2, -0.15) is 5.10 Å². The Morgan fingerprint density at radius 1 is 1.29 bits per heavy atom. The minimum Gasteiger partial charge on any atom is -0.383 e. The number of aryl methyl sites for hydroxylation is 2. The van der Waals surface area contributed by atoms with Gasteiger partial charge in [-0.05, 0) is 25.5 Å². The number of hydrogen-bond acceptors (Lipinski definition) is 6. The number of halogens is 1. The summed E-state index contributed by atoms with van der Waals surface area (Å²) >= 11 is 0. The second-order valence-corrected chi connectivity index (χ2v) is 8.72. The van der Waals surface area contributed by atoms with Crippen molar-refractivity contribution in [2.75, 3.05) is 43.6 Å². The lowest BCUT2D eigenvalue weighted by molar-refractivity contribution is 0.102. The van der Waals surface area contributed by atoms with E-state index in [0.717, 1.165) is 37.1 Å². The van der Waals surface area contributed by atoms with Crippen LogP contribution in [0.5, 0.6) is 0 Å². The van der Waals surface area contributed by atoms with Crippen LogP contribution in [-0.2, 0) is 11.8 Å². The average molecular weight is 466 g/mol. The molecule has 1 aliphatic rings. The molecule has 4 aromatic rings. The van der Waals surface area contributed by atoms with Crippen molar-refractivity contribution in [1.29, 1.82) is 0 Å². The van der Waals surface area contributed by atoms with Crippen LogP contribution in [0.1, 0.15) is 22.5 Å². The number of carbonyl (C=O) groups excluding carboxylic acids is 1. The Labute approximate surface area is 196 Å². The Morgan fingerprint density at radius 2 is 2.15 bits per heavy atom. The quantitative estimate of drug-likeness (QED) is 0.408. The van der Waals surface area contributed by atoms with Crippen molar-refractivity contribution in [3.8, 4) is 0 Å². The van der Waals surface area contributed by atoms with E-state index in [1.165, 1.54) is 6.07 Å². The van der Waals surface area contributed by atoms with Crippen LogP contribution in [0.25, 0.3) is 16.6 Å². The molecule has 1 aromatic carbocycles. The lowest BCUT2D eigenvalue weighted by Crippen LogP contribution is -2.34. The molecule has 1 saturated heterocycles. The molecule has 34 heavy (non-hydrogen) atoms. The minimum absolute atomic E-state index is 0.229. The van der Waals surface area contributed by atoms with Gasteiger partial charge >= 0.3 is 0 Å². The summed E-state index contributed by atoms with van der Waals surface area (Å²) in [4.78, 5) is 19.7. The van der Waals surface area contributed by atoms with Gasteiger partial charge < -0.3 is 24.7 Å². The van der Waals surface area contributed by atoms with Gasteiger partial charge in [-0.1, -0.05) is 0 Å². The second-order valence-electron chi connectivity index (χ2n) is 8.72. The number of imidazole rings is 1. The molecule has 2 N–H and O–H groups in total. The first-order chi connectivity index (χ1) is 16.4. The van der Waals surface area contributed by atoms with E-state index in [1.807, 2.05) is 19.3 Å². The van der Waals surface area contributed by atoms with Crippen molar-refractivity contribution in [3.63, 3.8) is 0 Å². The van der Waals surface area contributed by atoms with Crippen LogP contribution < -0.4 is 15.5 Å². The van der Waals surface area contributed by atoms with E-state index < -0.39 is 5.82 Å². The summed E-state index contributed by atoms with van der Waals surface area (Å²) in [6, 6.07) is 5.44. The zero-order chi connectivity index (χ0) is 23.8. The van der Waals surface area contributed by atoms with E-state index in [4.69, 9.17) is 4.74 Å². The SMILES string of the molecule is COCCNC1CCN(c2ccc(C(=O)Nc3cc(F)c4nc(C)cn4c3)c3nn(C)cc23)C1. The fourth-order valence-electron chi connectivity index (χ4n) is 4.62. The van der Waals surface area contributed by atoms with Crippen LogP contribution in [-0.4, -0.2) is 64.5 Å². The van der Waals surface area contributed by atoms with Crippen molar-refractivity contribution in [3.05, 3.63) is 53.9 Å². The number of anilines is 2. The van der Waals surface area contributed by atoms with Crippen molar-refractivity contribution in [2.45, 2.75) is 19.4 Å². The van der Waals surface area contributed by atoms with Crippen molar-refractivity contribution < 1.29 is 13.9 Å². The molecule has 9 nitrogen and oxygen atoms in total. The summed E-state index contributed by atoms with van der Waals surface area (Å²) in [6.07, 6.45) is 6.34. The van der Waals surface area contributed by atoms with Gasteiger partial charge in [-0.15, -0.1) is 0 Å². The molecule has 1 amide bonds. The Hall–Kier alpha value is -3.50. The van der Waals surface area contributed by atoms with Crippen LogP contribution in [0.4, 0.5) is 15.8 Å². The summed E-state index contributed by atoms with van der Waals surface area (Å²) in [5.74, 6) is -0.835.